The van der Waals surface area contributed by atoms with E-state index in [0.29, 0.717) is 0 Å². The molecule has 0 atom stereocenters. The van der Waals surface area contributed by atoms with E-state index in [4.69, 9.17) is 19.9 Å². The first-order chi connectivity index (χ1) is 24.7. The van der Waals surface area contributed by atoms with Gasteiger partial charge in [-0.15, -0.1) is 22.1 Å². The van der Waals surface area contributed by atoms with Crippen molar-refractivity contribution in [2.45, 2.75) is 0 Å². The second kappa shape index (κ2) is 13.7. The number of rotatable bonds is 5. The summed E-state index contributed by atoms with van der Waals surface area (Å²) in [6, 6.07) is 49.9. The molecule has 0 saturated carbocycles. The van der Waals surface area contributed by atoms with Crippen molar-refractivity contribution in [3.05, 3.63) is 168 Å². The third-order valence-electron chi connectivity index (χ3n) is 9.25. The molecule has 238 valence electrons. The number of hydrogen-bond acceptors (Lipinski definition) is 3. The van der Waals surface area contributed by atoms with Crippen LogP contribution in [0.15, 0.2) is 146 Å². The van der Waals surface area contributed by atoms with E-state index >= 15 is 0 Å². The number of aromatic nitrogens is 4. The summed E-state index contributed by atoms with van der Waals surface area (Å²) in [5.41, 5.74) is 14.8. The third-order valence-corrected chi connectivity index (χ3v) is 9.25. The van der Waals surface area contributed by atoms with E-state index in [0.717, 1.165) is 89.6 Å². The van der Waals surface area contributed by atoms with E-state index in [2.05, 4.69) is 158 Å². The molecule has 0 amide bonds. The van der Waals surface area contributed by atoms with Gasteiger partial charge in [-0.2, -0.15) is 0 Å². The van der Waals surface area contributed by atoms with Crippen LogP contribution >= 0.6 is 0 Å². The van der Waals surface area contributed by atoms with Gasteiger partial charge in [-0.25, -0.2) is 9.97 Å². The third kappa shape index (κ3) is 5.94. The minimum absolute atomic E-state index is 0. The molecule has 0 aliphatic carbocycles. The maximum atomic E-state index is 5.34. The van der Waals surface area contributed by atoms with Crippen molar-refractivity contribution in [3.8, 4) is 33.4 Å². The van der Waals surface area contributed by atoms with Gasteiger partial charge in [0, 0.05) is 12.7 Å². The minimum Gasteiger partial charge on any atom is -0.657 e. The molecule has 0 fully saturated rings. The first kappa shape index (κ1) is 32.1. The van der Waals surface area contributed by atoms with Crippen LogP contribution in [-0.4, -0.2) is 17.0 Å². The Hall–Kier alpha value is -6.10. The van der Waals surface area contributed by atoms with Crippen molar-refractivity contribution in [1.82, 2.24) is 19.9 Å². The summed E-state index contributed by atoms with van der Waals surface area (Å²) in [5, 5.41) is 0. The Morgan fingerprint density at radius 2 is 0.725 bits per heavy atom. The van der Waals surface area contributed by atoms with Gasteiger partial charge >= 0.3 is 19.5 Å². The van der Waals surface area contributed by atoms with Crippen molar-refractivity contribution in [2.24, 2.45) is 0 Å². The Morgan fingerprint density at radius 3 is 1.16 bits per heavy atom. The van der Waals surface area contributed by atoms with E-state index in [-0.39, 0.29) is 19.5 Å². The van der Waals surface area contributed by atoms with Gasteiger partial charge in [-0.1, -0.05) is 133 Å². The zero-order chi connectivity index (χ0) is 33.4. The minimum atomic E-state index is 0. The summed E-state index contributed by atoms with van der Waals surface area (Å²) < 4.78 is 0. The number of hydrogen-bond donors (Lipinski definition) is 0. The molecule has 2 aliphatic rings. The molecule has 5 nitrogen and oxygen atoms in total. The fourth-order valence-corrected chi connectivity index (χ4v) is 6.90. The Kier molecular flexibility index (Phi) is 8.61. The second-order valence-corrected chi connectivity index (χ2v) is 12.3. The van der Waals surface area contributed by atoms with Crippen LogP contribution in [0.25, 0.3) is 79.8 Å². The first-order valence-electron chi connectivity index (χ1n) is 16.7. The maximum Gasteiger partial charge on any atom is 2.00 e. The van der Waals surface area contributed by atoms with E-state index in [1.807, 2.05) is 24.3 Å². The zero-order valence-corrected chi connectivity index (χ0v) is 31.1. The largest absolute Gasteiger partial charge is 2.00 e. The normalized spacial score (nSPS) is 11.7. The standard InChI is InChI=1S/C45H31N5.Zn/c1-50(33-20-12-5-13-21-33)45-40-28-26-38(48-40)43(31-16-8-3-9-17-31)36-24-22-34(46-36)42(30-14-6-2-7-15-30)35-23-25-37(47-35)44(32-18-10-4-11-19-32)39-27-29-41(45)49-39;/h2-29H,1H3;/q-2;+2. The zero-order valence-electron chi connectivity index (χ0n) is 28.1. The van der Waals surface area contributed by atoms with Gasteiger partial charge < -0.3 is 14.9 Å². The van der Waals surface area contributed by atoms with Gasteiger partial charge in [0.2, 0.25) is 0 Å². The summed E-state index contributed by atoms with van der Waals surface area (Å²) in [5.74, 6) is 0. The average Bonchev–Trinajstić information content (AvgIpc) is 4.01. The molecule has 4 aromatic carbocycles. The molecule has 9 rings (SSSR count). The quantitative estimate of drug-likeness (QED) is 0.167. The molecular weight excluding hydrogens is 676 g/mol. The molecule has 0 N–H and O–H groups in total. The van der Waals surface area contributed by atoms with Gasteiger partial charge in [0.05, 0.1) is 28.5 Å². The molecule has 51 heavy (non-hydrogen) atoms. The first-order valence-corrected chi connectivity index (χ1v) is 16.7. The molecule has 0 spiro atoms. The van der Waals surface area contributed by atoms with E-state index in [1.54, 1.807) is 0 Å². The summed E-state index contributed by atoms with van der Waals surface area (Å²) in [4.78, 5) is 23.5. The molecule has 5 heterocycles. The Balaban J connectivity index is 0.00000374. The van der Waals surface area contributed by atoms with Crippen LogP contribution in [0.1, 0.15) is 22.8 Å². The SMILES string of the molecule is CN(c1ccccc1)c1c2nc(c(-c3ccccc3)c3ccc([n-]3)c(-c3ccccc3)c3nc(c(-c4ccccc4)c4ccc1[n-]4)C=C3)C=C2.[Zn+2]. The average molecular weight is 707 g/mol. The summed E-state index contributed by atoms with van der Waals surface area (Å²) in [7, 11) is 2.08. The van der Waals surface area contributed by atoms with E-state index in [9.17, 15) is 0 Å². The fourth-order valence-electron chi connectivity index (χ4n) is 6.90. The molecule has 6 heteroatoms. The number of nitrogens with zero attached hydrogens (tertiary/aromatic N) is 5. The molecule has 3 aromatic heterocycles. The van der Waals surface area contributed by atoms with Gasteiger partial charge in [0.15, 0.2) is 0 Å². The van der Waals surface area contributed by atoms with Crippen LogP contribution in [-0.2, 0) is 19.5 Å². The Labute approximate surface area is 309 Å². The van der Waals surface area contributed by atoms with Gasteiger partial charge in [-0.05, 0) is 69.8 Å². The molecule has 2 aliphatic heterocycles. The van der Waals surface area contributed by atoms with Gasteiger partial charge in [-0.3, -0.25) is 0 Å². The van der Waals surface area contributed by atoms with Crippen LogP contribution in [0.5, 0.6) is 0 Å². The molecule has 0 radical (unpaired) electrons. The van der Waals surface area contributed by atoms with E-state index in [1.165, 1.54) is 0 Å². The van der Waals surface area contributed by atoms with Crippen molar-refractivity contribution < 1.29 is 19.5 Å². The second-order valence-electron chi connectivity index (χ2n) is 12.3. The van der Waals surface area contributed by atoms with Crippen LogP contribution in [0.4, 0.5) is 11.4 Å². The monoisotopic (exact) mass is 705 g/mol. The van der Waals surface area contributed by atoms with Crippen LogP contribution in [0, 0.1) is 0 Å². The van der Waals surface area contributed by atoms with Gasteiger partial charge in [0.1, 0.15) is 0 Å². The van der Waals surface area contributed by atoms with Crippen molar-refractivity contribution in [1.29, 1.82) is 0 Å². The number of para-hydroxylation sites is 1. The van der Waals surface area contributed by atoms with Crippen LogP contribution < -0.4 is 14.9 Å². The summed E-state index contributed by atoms with van der Waals surface area (Å²) >= 11 is 0. The van der Waals surface area contributed by atoms with E-state index < -0.39 is 0 Å². The number of anilines is 2. The van der Waals surface area contributed by atoms with Crippen molar-refractivity contribution in [3.63, 3.8) is 0 Å². The number of benzene rings is 4. The topological polar surface area (TPSA) is 57.2 Å². The predicted octanol–water partition coefficient (Wildman–Crippen LogP) is 10.7. The van der Waals surface area contributed by atoms with Gasteiger partial charge in [0.25, 0.3) is 0 Å². The summed E-state index contributed by atoms with van der Waals surface area (Å²) in [6.07, 6.45) is 8.39. The number of fused-ring (bicyclic) bond motifs is 8. The molecule has 0 saturated heterocycles. The molecular formula is C45H31N5Zn. The maximum absolute atomic E-state index is 5.34. The smallest absolute Gasteiger partial charge is 0.657 e. The van der Waals surface area contributed by atoms with Crippen LogP contribution in [0.2, 0.25) is 0 Å². The van der Waals surface area contributed by atoms with Crippen molar-refractivity contribution >= 4 is 57.7 Å². The Bertz CT molecular complexity index is 2550. The fraction of sp³-hybridized carbons (Fsp3) is 0.0222. The molecule has 8 bridgehead atoms. The van der Waals surface area contributed by atoms with Crippen molar-refractivity contribution in [2.75, 3.05) is 11.9 Å². The Morgan fingerprint density at radius 1 is 0.392 bits per heavy atom. The predicted molar refractivity (Wildman–Crippen MR) is 208 cm³/mol. The molecule has 0 unspecified atom stereocenters. The molecule has 7 aromatic rings. The van der Waals surface area contributed by atoms with Crippen LogP contribution in [0.3, 0.4) is 0 Å². The summed E-state index contributed by atoms with van der Waals surface area (Å²) in [6.45, 7) is 0.